The van der Waals surface area contributed by atoms with Crippen molar-refractivity contribution >= 4 is 23.6 Å². The molecule has 0 saturated carbocycles. The molecule has 0 aromatic heterocycles. The highest BCUT2D eigenvalue weighted by Gasteiger charge is 2.13. The van der Waals surface area contributed by atoms with Crippen LogP contribution < -0.4 is 10.1 Å². The Kier molecular flexibility index (Phi) is 5.76. The molecular weight excluding hydrogens is 360 g/mol. The fourth-order valence-corrected chi connectivity index (χ4v) is 2.66. The van der Waals surface area contributed by atoms with Crippen LogP contribution in [-0.2, 0) is 4.79 Å². The molecule has 0 heterocycles. The summed E-state index contributed by atoms with van der Waals surface area (Å²) < 4.78 is 5.38. The predicted octanol–water partition coefficient (Wildman–Crippen LogP) is 4.09. The number of hydrogen-bond donors (Lipinski definition) is 1. The Morgan fingerprint density at radius 2 is 1.75 bits per heavy atom. The molecule has 28 heavy (non-hydrogen) atoms. The third-order valence-corrected chi connectivity index (χ3v) is 3.98. The van der Waals surface area contributed by atoms with E-state index in [9.17, 15) is 19.7 Å². The van der Waals surface area contributed by atoms with E-state index in [1.54, 1.807) is 6.07 Å². The van der Waals surface area contributed by atoms with Gasteiger partial charge in [-0.15, -0.1) is 0 Å². The second-order valence-electron chi connectivity index (χ2n) is 5.85. The molecule has 3 aromatic rings. The van der Waals surface area contributed by atoms with Crippen LogP contribution in [-0.4, -0.2) is 23.7 Å². The molecule has 0 fully saturated rings. The van der Waals surface area contributed by atoms with E-state index < -0.39 is 10.8 Å². The lowest BCUT2D eigenvalue weighted by molar-refractivity contribution is -0.384. The molecular formula is C21H16N2O5. The van der Waals surface area contributed by atoms with Crippen LogP contribution in [0.1, 0.15) is 10.4 Å². The minimum absolute atomic E-state index is 0.00619. The number of nitro benzene ring substituents is 1. The highest BCUT2D eigenvalue weighted by Crippen LogP contribution is 2.27. The van der Waals surface area contributed by atoms with Crippen molar-refractivity contribution in [3.8, 4) is 16.9 Å². The lowest BCUT2D eigenvalue weighted by Crippen LogP contribution is -2.21. The number of amides is 1. The first-order valence-corrected chi connectivity index (χ1v) is 8.39. The number of carbonyl (C=O) groups is 2. The van der Waals surface area contributed by atoms with E-state index in [1.165, 1.54) is 12.1 Å². The number of carbonyl (C=O) groups excluding carboxylic acids is 2. The van der Waals surface area contributed by atoms with Crippen molar-refractivity contribution in [3.05, 3.63) is 88.5 Å². The standard InChI is InChI=1S/C21H16N2O5/c24-13-16-12-17(23(26)27)10-11-20(16)28-14-21(25)22-19-9-5-4-8-18(19)15-6-2-1-3-7-15/h1-13H,14H2,(H,22,25). The van der Waals surface area contributed by atoms with Gasteiger partial charge in [0.2, 0.25) is 0 Å². The van der Waals surface area contributed by atoms with Crippen LogP contribution in [0.2, 0.25) is 0 Å². The van der Waals surface area contributed by atoms with Gasteiger partial charge in [0.05, 0.1) is 10.5 Å². The second kappa shape index (κ2) is 8.59. The Morgan fingerprint density at radius 1 is 1.04 bits per heavy atom. The summed E-state index contributed by atoms with van der Waals surface area (Å²) in [5.74, 6) is -0.314. The average molecular weight is 376 g/mol. The second-order valence-corrected chi connectivity index (χ2v) is 5.85. The molecule has 0 bridgehead atoms. The molecule has 0 spiro atoms. The highest BCUT2D eigenvalue weighted by atomic mass is 16.6. The molecule has 0 aliphatic carbocycles. The van der Waals surface area contributed by atoms with E-state index in [0.29, 0.717) is 12.0 Å². The monoisotopic (exact) mass is 376 g/mol. The Bertz CT molecular complexity index is 1020. The predicted molar refractivity (Wildman–Crippen MR) is 104 cm³/mol. The molecule has 0 saturated heterocycles. The Balaban J connectivity index is 1.71. The minimum Gasteiger partial charge on any atom is -0.483 e. The van der Waals surface area contributed by atoms with Crippen LogP contribution in [0, 0.1) is 10.1 Å². The van der Waals surface area contributed by atoms with Crippen molar-refractivity contribution in [2.24, 2.45) is 0 Å². The number of nitrogens with zero attached hydrogens (tertiary/aromatic N) is 1. The van der Waals surface area contributed by atoms with Crippen molar-refractivity contribution in [3.63, 3.8) is 0 Å². The fourth-order valence-electron chi connectivity index (χ4n) is 2.66. The van der Waals surface area contributed by atoms with Crippen molar-refractivity contribution in [1.29, 1.82) is 0 Å². The largest absolute Gasteiger partial charge is 0.483 e. The van der Waals surface area contributed by atoms with Crippen LogP contribution >= 0.6 is 0 Å². The zero-order valence-corrected chi connectivity index (χ0v) is 14.7. The van der Waals surface area contributed by atoms with E-state index in [2.05, 4.69) is 5.32 Å². The SMILES string of the molecule is O=Cc1cc([N+](=O)[O-])ccc1OCC(=O)Nc1ccccc1-c1ccccc1. The number of rotatable bonds is 7. The lowest BCUT2D eigenvalue weighted by Gasteiger charge is -2.12. The van der Waals surface area contributed by atoms with Crippen molar-refractivity contribution < 1.29 is 19.2 Å². The first-order chi connectivity index (χ1) is 13.6. The number of ether oxygens (including phenoxy) is 1. The molecule has 140 valence electrons. The molecule has 0 aliphatic rings. The Morgan fingerprint density at radius 3 is 2.46 bits per heavy atom. The number of benzene rings is 3. The van der Waals surface area contributed by atoms with Gasteiger partial charge in [0, 0.05) is 23.4 Å². The van der Waals surface area contributed by atoms with E-state index in [0.717, 1.165) is 17.2 Å². The molecule has 7 heteroatoms. The van der Waals surface area contributed by atoms with Gasteiger partial charge in [-0.1, -0.05) is 48.5 Å². The molecule has 3 rings (SSSR count). The number of nitrogens with one attached hydrogen (secondary N) is 1. The van der Waals surface area contributed by atoms with E-state index in [-0.39, 0.29) is 23.6 Å². The molecule has 0 atom stereocenters. The fraction of sp³-hybridized carbons (Fsp3) is 0.0476. The molecule has 3 aromatic carbocycles. The quantitative estimate of drug-likeness (QED) is 0.380. The number of non-ortho nitro benzene ring substituents is 1. The van der Waals surface area contributed by atoms with Gasteiger partial charge in [-0.3, -0.25) is 19.7 Å². The molecule has 0 unspecified atom stereocenters. The maximum atomic E-state index is 12.3. The molecule has 7 nitrogen and oxygen atoms in total. The van der Waals surface area contributed by atoms with Gasteiger partial charge in [0.15, 0.2) is 12.9 Å². The van der Waals surface area contributed by atoms with Crippen LogP contribution in [0.5, 0.6) is 5.75 Å². The summed E-state index contributed by atoms with van der Waals surface area (Å²) in [5, 5.41) is 13.6. The number of aldehydes is 1. The van der Waals surface area contributed by atoms with Crippen LogP contribution in [0.15, 0.2) is 72.8 Å². The molecule has 0 radical (unpaired) electrons. The first-order valence-electron chi connectivity index (χ1n) is 8.39. The normalized spacial score (nSPS) is 10.1. The van der Waals surface area contributed by atoms with Gasteiger partial charge in [-0.25, -0.2) is 0 Å². The van der Waals surface area contributed by atoms with Gasteiger partial charge < -0.3 is 10.1 Å². The van der Waals surface area contributed by atoms with E-state index in [1.807, 2.05) is 48.5 Å². The Hall–Kier alpha value is -4.00. The third-order valence-electron chi connectivity index (χ3n) is 3.98. The van der Waals surface area contributed by atoms with Gasteiger partial charge in [0.1, 0.15) is 5.75 Å². The van der Waals surface area contributed by atoms with Crippen molar-refractivity contribution in [1.82, 2.24) is 0 Å². The summed E-state index contributed by atoms with van der Waals surface area (Å²) in [6.45, 7) is -0.345. The Labute approximate surface area is 160 Å². The van der Waals surface area contributed by atoms with Crippen molar-refractivity contribution in [2.45, 2.75) is 0 Å². The van der Waals surface area contributed by atoms with Gasteiger partial charge in [-0.2, -0.15) is 0 Å². The summed E-state index contributed by atoms with van der Waals surface area (Å²) >= 11 is 0. The van der Waals surface area contributed by atoms with Gasteiger partial charge in [-0.05, 0) is 17.7 Å². The van der Waals surface area contributed by atoms with Crippen molar-refractivity contribution in [2.75, 3.05) is 11.9 Å². The van der Waals surface area contributed by atoms with E-state index >= 15 is 0 Å². The number of anilines is 1. The maximum absolute atomic E-state index is 12.3. The minimum atomic E-state index is -0.607. The molecule has 1 amide bonds. The summed E-state index contributed by atoms with van der Waals surface area (Å²) in [6, 6.07) is 20.6. The zero-order valence-electron chi connectivity index (χ0n) is 14.7. The average Bonchev–Trinajstić information content (AvgIpc) is 2.73. The summed E-state index contributed by atoms with van der Waals surface area (Å²) in [4.78, 5) is 33.6. The van der Waals surface area contributed by atoms with Gasteiger partial charge in [0.25, 0.3) is 11.6 Å². The number of para-hydroxylation sites is 1. The highest BCUT2D eigenvalue weighted by molar-refractivity contribution is 5.96. The molecule has 0 aliphatic heterocycles. The van der Waals surface area contributed by atoms with Crippen LogP contribution in [0.3, 0.4) is 0 Å². The van der Waals surface area contributed by atoms with E-state index in [4.69, 9.17) is 4.74 Å². The topological polar surface area (TPSA) is 98.5 Å². The maximum Gasteiger partial charge on any atom is 0.270 e. The lowest BCUT2D eigenvalue weighted by atomic mass is 10.0. The first kappa shape index (κ1) is 18.8. The van der Waals surface area contributed by atoms with Gasteiger partial charge >= 0.3 is 0 Å². The third kappa shape index (κ3) is 4.39. The number of nitro groups is 1. The summed E-state index contributed by atoms with van der Waals surface area (Å²) in [6.07, 6.45) is 0.449. The van der Waals surface area contributed by atoms with Crippen LogP contribution in [0.4, 0.5) is 11.4 Å². The smallest absolute Gasteiger partial charge is 0.270 e. The summed E-state index contributed by atoms with van der Waals surface area (Å²) in [7, 11) is 0. The zero-order chi connectivity index (χ0) is 19.9. The van der Waals surface area contributed by atoms with Crippen LogP contribution in [0.25, 0.3) is 11.1 Å². The summed E-state index contributed by atoms with van der Waals surface area (Å²) in [5.41, 5.74) is 2.22. The molecule has 1 N–H and O–H groups in total. The number of hydrogen-bond acceptors (Lipinski definition) is 5.